The lowest BCUT2D eigenvalue weighted by atomic mass is 10.00. The molecule has 0 spiro atoms. The van der Waals surface area contributed by atoms with Gasteiger partial charge in [0.05, 0.1) is 5.69 Å². The number of rotatable bonds is 3. The molecular formula is C14H19N3. The summed E-state index contributed by atoms with van der Waals surface area (Å²) in [5.41, 5.74) is 4.11. The standard InChI is InChI=1S/C14H19N3/c1-7-16-14(15-6)12-8-10(4)11(5)17-13(12)9(2)3/h7-9H,1,6H2,2-5H3. The minimum Gasteiger partial charge on any atom is -0.257 e. The highest BCUT2D eigenvalue weighted by molar-refractivity contribution is 6.02. The molecule has 3 heteroatoms. The van der Waals surface area contributed by atoms with Gasteiger partial charge < -0.3 is 0 Å². The normalized spacial score (nSPS) is 11.7. The maximum Gasteiger partial charge on any atom is 0.160 e. The van der Waals surface area contributed by atoms with E-state index in [1.165, 1.54) is 6.20 Å². The lowest BCUT2D eigenvalue weighted by Gasteiger charge is -2.13. The summed E-state index contributed by atoms with van der Waals surface area (Å²) in [5, 5.41) is 0. The van der Waals surface area contributed by atoms with Gasteiger partial charge >= 0.3 is 0 Å². The van der Waals surface area contributed by atoms with Crippen LogP contribution in [0.5, 0.6) is 0 Å². The highest BCUT2D eigenvalue weighted by Gasteiger charge is 2.14. The third-order valence-corrected chi connectivity index (χ3v) is 2.65. The van der Waals surface area contributed by atoms with E-state index in [1.807, 2.05) is 13.8 Å². The summed E-state index contributed by atoms with van der Waals surface area (Å²) in [4.78, 5) is 12.7. The molecule has 1 heterocycles. The lowest BCUT2D eigenvalue weighted by Crippen LogP contribution is -2.08. The molecule has 0 unspecified atom stereocenters. The molecule has 0 bridgehead atoms. The predicted octanol–water partition coefficient (Wildman–Crippen LogP) is 3.41. The van der Waals surface area contributed by atoms with Crippen molar-refractivity contribution in [3.63, 3.8) is 0 Å². The van der Waals surface area contributed by atoms with Crippen molar-refractivity contribution in [2.24, 2.45) is 9.98 Å². The minimum absolute atomic E-state index is 0.320. The van der Waals surface area contributed by atoms with Crippen molar-refractivity contribution >= 4 is 12.6 Å². The van der Waals surface area contributed by atoms with Crippen molar-refractivity contribution in [1.82, 2.24) is 4.98 Å². The molecule has 0 aromatic carbocycles. The van der Waals surface area contributed by atoms with Crippen LogP contribution in [-0.2, 0) is 0 Å². The van der Waals surface area contributed by atoms with Gasteiger partial charge in [0.25, 0.3) is 0 Å². The van der Waals surface area contributed by atoms with E-state index in [-0.39, 0.29) is 0 Å². The minimum atomic E-state index is 0.320. The van der Waals surface area contributed by atoms with Gasteiger partial charge in [-0.25, -0.2) is 9.98 Å². The average Bonchev–Trinajstić information content (AvgIpc) is 2.29. The van der Waals surface area contributed by atoms with Gasteiger partial charge in [-0.1, -0.05) is 20.4 Å². The Morgan fingerprint density at radius 2 is 2.06 bits per heavy atom. The average molecular weight is 229 g/mol. The first-order valence-electron chi connectivity index (χ1n) is 5.65. The fourth-order valence-electron chi connectivity index (χ4n) is 1.63. The van der Waals surface area contributed by atoms with Crippen LogP contribution in [0, 0.1) is 13.8 Å². The summed E-state index contributed by atoms with van der Waals surface area (Å²) in [6.45, 7) is 15.4. The van der Waals surface area contributed by atoms with Crippen LogP contribution < -0.4 is 0 Å². The lowest BCUT2D eigenvalue weighted by molar-refractivity contribution is 0.809. The zero-order chi connectivity index (χ0) is 13.0. The molecule has 1 rings (SSSR count). The van der Waals surface area contributed by atoms with Crippen LogP contribution in [0.25, 0.3) is 0 Å². The summed E-state index contributed by atoms with van der Waals surface area (Å²) in [5.74, 6) is 0.903. The Kier molecular flexibility index (Phi) is 4.32. The van der Waals surface area contributed by atoms with Gasteiger partial charge in [-0.3, -0.25) is 4.98 Å². The Morgan fingerprint density at radius 3 is 2.53 bits per heavy atom. The molecule has 90 valence electrons. The van der Waals surface area contributed by atoms with E-state index in [1.54, 1.807) is 0 Å². The maximum absolute atomic E-state index is 4.62. The number of amidine groups is 1. The maximum atomic E-state index is 4.62. The van der Waals surface area contributed by atoms with Crippen LogP contribution in [-0.4, -0.2) is 17.5 Å². The zero-order valence-corrected chi connectivity index (χ0v) is 11.0. The van der Waals surface area contributed by atoms with Gasteiger partial charge in [0, 0.05) is 17.5 Å². The van der Waals surface area contributed by atoms with E-state index in [4.69, 9.17) is 0 Å². The summed E-state index contributed by atoms with van der Waals surface area (Å²) in [7, 11) is 0. The van der Waals surface area contributed by atoms with Crippen LogP contribution in [0.2, 0.25) is 0 Å². The molecule has 0 saturated carbocycles. The van der Waals surface area contributed by atoms with Gasteiger partial charge in [0.1, 0.15) is 0 Å². The van der Waals surface area contributed by atoms with E-state index in [9.17, 15) is 0 Å². The van der Waals surface area contributed by atoms with Gasteiger partial charge in [0.2, 0.25) is 0 Å². The molecule has 0 N–H and O–H groups in total. The van der Waals surface area contributed by atoms with Crippen LogP contribution >= 0.6 is 0 Å². The number of hydrogen-bond donors (Lipinski definition) is 0. The van der Waals surface area contributed by atoms with Crippen LogP contribution in [0.4, 0.5) is 0 Å². The van der Waals surface area contributed by atoms with Gasteiger partial charge in [-0.2, -0.15) is 0 Å². The van der Waals surface area contributed by atoms with Crippen LogP contribution in [0.1, 0.15) is 42.3 Å². The van der Waals surface area contributed by atoms with Crippen molar-refractivity contribution in [3.05, 3.63) is 41.4 Å². The van der Waals surface area contributed by atoms with Crippen molar-refractivity contribution in [2.45, 2.75) is 33.6 Å². The molecular weight excluding hydrogens is 210 g/mol. The van der Waals surface area contributed by atoms with Crippen molar-refractivity contribution in [3.8, 4) is 0 Å². The third kappa shape index (κ3) is 2.87. The van der Waals surface area contributed by atoms with E-state index in [0.717, 1.165) is 22.5 Å². The van der Waals surface area contributed by atoms with Crippen LogP contribution in [0.3, 0.4) is 0 Å². The Hall–Kier alpha value is -1.77. The molecule has 3 nitrogen and oxygen atoms in total. The number of hydrogen-bond acceptors (Lipinski definition) is 2. The molecule has 17 heavy (non-hydrogen) atoms. The smallest absolute Gasteiger partial charge is 0.160 e. The van der Waals surface area contributed by atoms with Crippen LogP contribution in [0.15, 0.2) is 28.8 Å². The number of aryl methyl sites for hydroxylation is 2. The molecule has 1 aromatic rings. The molecule has 0 aliphatic rings. The van der Waals surface area contributed by atoms with Gasteiger partial charge in [-0.05, 0) is 38.1 Å². The number of pyridine rings is 1. The Morgan fingerprint density at radius 1 is 1.41 bits per heavy atom. The van der Waals surface area contributed by atoms with Crippen molar-refractivity contribution < 1.29 is 0 Å². The van der Waals surface area contributed by atoms with Gasteiger partial charge in [0.15, 0.2) is 5.84 Å². The van der Waals surface area contributed by atoms with Crippen molar-refractivity contribution in [2.75, 3.05) is 0 Å². The topological polar surface area (TPSA) is 37.6 Å². The first kappa shape index (κ1) is 13.3. The number of aromatic nitrogens is 1. The number of nitrogens with zero attached hydrogens (tertiary/aromatic N) is 3. The highest BCUT2D eigenvalue weighted by Crippen LogP contribution is 2.21. The molecule has 0 fully saturated rings. The van der Waals surface area contributed by atoms with E-state index >= 15 is 0 Å². The second-order valence-corrected chi connectivity index (χ2v) is 4.27. The molecule has 0 aliphatic heterocycles. The monoisotopic (exact) mass is 229 g/mol. The van der Waals surface area contributed by atoms with E-state index in [2.05, 4.69) is 48.2 Å². The van der Waals surface area contributed by atoms with Gasteiger partial charge in [-0.15, -0.1) is 0 Å². The molecule has 0 amide bonds. The van der Waals surface area contributed by atoms with E-state index < -0.39 is 0 Å². The summed E-state index contributed by atoms with van der Waals surface area (Å²) in [6, 6.07) is 2.06. The molecule has 0 aliphatic carbocycles. The Balaban J connectivity index is 3.49. The summed E-state index contributed by atoms with van der Waals surface area (Å²) >= 11 is 0. The second kappa shape index (κ2) is 5.53. The quantitative estimate of drug-likeness (QED) is 0.578. The first-order valence-corrected chi connectivity index (χ1v) is 5.65. The molecule has 1 aromatic heterocycles. The molecule has 0 saturated heterocycles. The fraction of sp³-hybridized carbons (Fsp3) is 0.357. The largest absolute Gasteiger partial charge is 0.257 e. The SMILES string of the molecule is C=CN=C(N=C)c1cc(C)c(C)nc1C(C)C. The van der Waals surface area contributed by atoms with Crippen molar-refractivity contribution in [1.29, 1.82) is 0 Å². The zero-order valence-electron chi connectivity index (χ0n) is 11.0. The molecule has 0 atom stereocenters. The Bertz CT molecular complexity index is 471. The third-order valence-electron chi connectivity index (χ3n) is 2.65. The Labute approximate surface area is 103 Å². The predicted molar refractivity (Wildman–Crippen MR) is 74.1 cm³/mol. The van der Waals surface area contributed by atoms with E-state index in [0.29, 0.717) is 11.8 Å². The summed E-state index contributed by atoms with van der Waals surface area (Å²) in [6.07, 6.45) is 1.48. The summed E-state index contributed by atoms with van der Waals surface area (Å²) < 4.78 is 0. The second-order valence-electron chi connectivity index (χ2n) is 4.27. The number of aliphatic imine (C=N–C) groups is 2. The first-order chi connectivity index (χ1) is 8.01. The fourth-order valence-corrected chi connectivity index (χ4v) is 1.63. The molecule has 0 radical (unpaired) electrons. The highest BCUT2D eigenvalue weighted by atomic mass is 14.9.